The van der Waals surface area contributed by atoms with E-state index in [1.54, 1.807) is 30.3 Å². The number of alkyl halides is 3. The summed E-state index contributed by atoms with van der Waals surface area (Å²) in [4.78, 5) is 10.5. The maximum Gasteiger partial charge on any atom is 0.251 e. The summed E-state index contributed by atoms with van der Waals surface area (Å²) in [6, 6.07) is 8.28. The molecular formula is C10H9Cl3NO2. The zero-order valence-corrected chi connectivity index (χ0v) is 10.5. The fourth-order valence-electron chi connectivity index (χ4n) is 1.35. The van der Waals surface area contributed by atoms with Crippen LogP contribution in [-0.4, -0.2) is 8.72 Å². The molecule has 16 heavy (non-hydrogen) atoms. The lowest BCUT2D eigenvalue weighted by atomic mass is 9.90. The highest BCUT2D eigenvalue weighted by Gasteiger charge is 2.46. The van der Waals surface area contributed by atoms with Crippen LogP contribution in [0.25, 0.3) is 0 Å². The third kappa shape index (κ3) is 3.24. The van der Waals surface area contributed by atoms with Gasteiger partial charge < -0.3 is 0 Å². The van der Waals surface area contributed by atoms with E-state index in [0.29, 0.717) is 5.56 Å². The molecule has 1 aromatic rings. The van der Waals surface area contributed by atoms with Crippen LogP contribution >= 0.6 is 34.8 Å². The summed E-state index contributed by atoms with van der Waals surface area (Å²) in [5.41, 5.74) is -1.24. The van der Waals surface area contributed by atoms with Crippen molar-refractivity contribution in [3.8, 4) is 0 Å². The van der Waals surface area contributed by atoms with Gasteiger partial charge in [-0.15, -0.1) is 0 Å². The minimum Gasteiger partial charge on any atom is -0.264 e. The predicted molar refractivity (Wildman–Crippen MR) is 65.4 cm³/mol. The average Bonchev–Trinajstić information content (AvgIpc) is 2.16. The Morgan fingerprint density at radius 2 is 1.75 bits per heavy atom. The first kappa shape index (κ1) is 13.6. The van der Waals surface area contributed by atoms with Gasteiger partial charge in [-0.1, -0.05) is 65.1 Å². The number of hydrogen-bond donors (Lipinski definition) is 0. The zero-order chi connectivity index (χ0) is 12.4. The summed E-state index contributed by atoms with van der Waals surface area (Å²) in [6.07, 6.45) is -0.290. The van der Waals surface area contributed by atoms with Crippen LogP contribution in [0.3, 0.4) is 0 Å². The van der Waals surface area contributed by atoms with Gasteiger partial charge in [-0.25, -0.2) is 0 Å². The van der Waals surface area contributed by atoms with Gasteiger partial charge in [0.15, 0.2) is 3.79 Å². The van der Waals surface area contributed by atoms with Crippen molar-refractivity contribution in [1.82, 2.24) is 0 Å². The smallest absolute Gasteiger partial charge is 0.251 e. The maximum absolute atomic E-state index is 11.1. The van der Waals surface area contributed by atoms with E-state index in [2.05, 4.69) is 6.92 Å². The van der Waals surface area contributed by atoms with Crippen LogP contribution in [0.4, 0.5) is 0 Å². The molecule has 0 amide bonds. The van der Waals surface area contributed by atoms with E-state index < -0.39 is 14.3 Å². The van der Waals surface area contributed by atoms with Crippen LogP contribution in [0.15, 0.2) is 30.3 Å². The van der Waals surface area contributed by atoms with Crippen LogP contribution in [0.2, 0.25) is 0 Å². The van der Waals surface area contributed by atoms with Gasteiger partial charge in [0.1, 0.15) is 0 Å². The Kier molecular flexibility index (Phi) is 4.05. The van der Waals surface area contributed by atoms with E-state index in [9.17, 15) is 10.1 Å². The molecule has 87 valence electrons. The second kappa shape index (κ2) is 4.78. The third-order valence-electron chi connectivity index (χ3n) is 2.15. The second-order valence-corrected chi connectivity index (χ2v) is 5.96. The van der Waals surface area contributed by atoms with Crippen LogP contribution in [0, 0.1) is 17.0 Å². The van der Waals surface area contributed by atoms with Crippen molar-refractivity contribution >= 4 is 34.8 Å². The molecule has 0 saturated heterocycles. The Labute approximate surface area is 108 Å². The fourth-order valence-corrected chi connectivity index (χ4v) is 2.02. The minimum absolute atomic E-state index is 0.290. The Bertz CT molecular complexity index is 377. The highest BCUT2D eigenvalue weighted by molar-refractivity contribution is 6.67. The molecule has 0 saturated carbocycles. The number of nitro groups is 1. The monoisotopic (exact) mass is 280 g/mol. The quantitative estimate of drug-likeness (QED) is 0.481. The van der Waals surface area contributed by atoms with Crippen LogP contribution in [0.1, 0.15) is 12.0 Å². The van der Waals surface area contributed by atoms with E-state index in [0.717, 1.165) is 0 Å². The molecule has 0 spiro atoms. The van der Waals surface area contributed by atoms with Crippen molar-refractivity contribution < 1.29 is 4.92 Å². The minimum atomic E-state index is -1.72. The zero-order valence-electron chi connectivity index (χ0n) is 8.20. The van der Waals surface area contributed by atoms with Crippen molar-refractivity contribution in [2.24, 2.45) is 0 Å². The number of halogens is 3. The lowest BCUT2D eigenvalue weighted by molar-refractivity contribution is -0.566. The average molecular weight is 282 g/mol. The van der Waals surface area contributed by atoms with Crippen LogP contribution in [0.5, 0.6) is 0 Å². The predicted octanol–water partition coefficient (Wildman–Crippen LogP) is 3.75. The normalized spacial score (nSPS) is 15.5. The molecule has 1 unspecified atom stereocenters. The summed E-state index contributed by atoms with van der Waals surface area (Å²) in [6.45, 7) is 3.57. The molecule has 0 aromatic heterocycles. The molecule has 0 aliphatic carbocycles. The Hall–Kier alpha value is -0.510. The first-order valence-corrected chi connectivity index (χ1v) is 5.51. The topological polar surface area (TPSA) is 43.1 Å². The molecule has 0 aliphatic rings. The van der Waals surface area contributed by atoms with Crippen LogP contribution in [-0.2, 0) is 5.54 Å². The first-order chi connectivity index (χ1) is 7.26. The first-order valence-electron chi connectivity index (χ1n) is 4.38. The van der Waals surface area contributed by atoms with Crippen LogP contribution < -0.4 is 0 Å². The molecule has 0 fully saturated rings. The van der Waals surface area contributed by atoms with Gasteiger partial charge in [0.25, 0.3) is 5.54 Å². The highest BCUT2D eigenvalue weighted by atomic mass is 35.6. The Morgan fingerprint density at radius 1 is 1.25 bits per heavy atom. The summed E-state index contributed by atoms with van der Waals surface area (Å²) >= 11 is 16.8. The SMILES string of the molecule is [CH2]C(CC(Cl)(Cl)Cl)(c1ccccc1)[N+](=O)[O-]. The molecule has 6 heteroatoms. The number of rotatable bonds is 3. The molecule has 3 nitrogen and oxygen atoms in total. The van der Waals surface area contributed by atoms with Crippen molar-refractivity contribution in [2.75, 3.05) is 0 Å². The Balaban J connectivity index is 3.13. The van der Waals surface area contributed by atoms with E-state index >= 15 is 0 Å². The molecule has 0 N–H and O–H groups in total. The standard InChI is InChI=1S/C10H9Cl3NO2/c1-9(14(15)16,7-10(11,12)13)8-5-3-2-4-6-8/h2-6H,1,7H2. The summed E-state index contributed by atoms with van der Waals surface area (Å²) < 4.78 is -1.72. The summed E-state index contributed by atoms with van der Waals surface area (Å²) in [7, 11) is 0. The van der Waals surface area contributed by atoms with Crippen molar-refractivity contribution in [3.05, 3.63) is 52.9 Å². The molecular weight excluding hydrogens is 272 g/mol. The van der Waals surface area contributed by atoms with Gasteiger partial charge in [-0.05, 0) is 0 Å². The van der Waals surface area contributed by atoms with Gasteiger partial charge in [-0.3, -0.25) is 10.1 Å². The Morgan fingerprint density at radius 3 is 2.12 bits per heavy atom. The third-order valence-corrected chi connectivity index (χ3v) is 2.55. The van der Waals surface area contributed by atoms with Gasteiger partial charge in [0.2, 0.25) is 0 Å². The number of benzene rings is 1. The van der Waals surface area contributed by atoms with E-state index in [4.69, 9.17) is 34.8 Å². The summed E-state index contributed by atoms with van der Waals surface area (Å²) in [5, 5.41) is 11.1. The number of hydrogen-bond acceptors (Lipinski definition) is 2. The van der Waals surface area contributed by atoms with Crippen molar-refractivity contribution in [1.29, 1.82) is 0 Å². The van der Waals surface area contributed by atoms with E-state index in [1.807, 2.05) is 0 Å². The van der Waals surface area contributed by atoms with Gasteiger partial charge in [0.05, 0.1) is 6.42 Å². The lowest BCUT2D eigenvalue weighted by Crippen LogP contribution is -2.36. The van der Waals surface area contributed by atoms with Gasteiger partial charge in [0, 0.05) is 17.4 Å². The fraction of sp³-hybridized carbons (Fsp3) is 0.300. The second-order valence-electron chi connectivity index (χ2n) is 3.45. The molecule has 0 bridgehead atoms. The van der Waals surface area contributed by atoms with Gasteiger partial charge in [-0.2, -0.15) is 0 Å². The molecule has 0 heterocycles. The maximum atomic E-state index is 11.1. The summed E-state index contributed by atoms with van der Waals surface area (Å²) in [5.74, 6) is 0. The molecule has 1 aromatic carbocycles. The number of nitrogens with zero attached hydrogens (tertiary/aromatic N) is 1. The van der Waals surface area contributed by atoms with Crippen molar-refractivity contribution in [2.45, 2.75) is 15.8 Å². The molecule has 1 radical (unpaired) electrons. The molecule has 0 aliphatic heterocycles. The lowest BCUT2D eigenvalue weighted by Gasteiger charge is -2.24. The highest BCUT2D eigenvalue weighted by Crippen LogP contribution is 2.41. The largest absolute Gasteiger partial charge is 0.264 e. The molecule has 1 atom stereocenters. The van der Waals surface area contributed by atoms with E-state index in [-0.39, 0.29) is 6.42 Å². The van der Waals surface area contributed by atoms with Crippen molar-refractivity contribution in [3.63, 3.8) is 0 Å². The molecule has 1 rings (SSSR count). The van der Waals surface area contributed by atoms with Gasteiger partial charge >= 0.3 is 0 Å². The van der Waals surface area contributed by atoms with E-state index in [1.165, 1.54) is 0 Å².